The molecular formula is C8H18N2O2S2. The first-order chi connectivity index (χ1) is 6.54. The highest BCUT2D eigenvalue weighted by molar-refractivity contribution is 7.96. The summed E-state index contributed by atoms with van der Waals surface area (Å²) in [5.74, 6) is 0. The highest BCUT2D eigenvalue weighted by Gasteiger charge is 2.21. The van der Waals surface area contributed by atoms with Crippen LogP contribution in [0.3, 0.4) is 0 Å². The van der Waals surface area contributed by atoms with Gasteiger partial charge in [-0.25, -0.2) is 12.7 Å². The van der Waals surface area contributed by atoms with Gasteiger partial charge in [-0.2, -0.15) is 0 Å². The average molecular weight is 238 g/mol. The molecule has 1 rings (SSSR count). The second-order valence-corrected chi connectivity index (χ2v) is 6.24. The molecule has 1 unspecified atom stereocenters. The molecule has 0 aliphatic carbocycles. The van der Waals surface area contributed by atoms with Crippen LogP contribution in [0.4, 0.5) is 0 Å². The third-order valence-electron chi connectivity index (χ3n) is 2.44. The number of rotatable bonds is 3. The van der Waals surface area contributed by atoms with E-state index in [1.54, 1.807) is 16.3 Å². The smallest absolute Gasteiger partial charge is 0.211 e. The summed E-state index contributed by atoms with van der Waals surface area (Å²) in [7, 11) is -2.99. The molecule has 1 aliphatic heterocycles. The van der Waals surface area contributed by atoms with Crippen LogP contribution in [0.1, 0.15) is 19.3 Å². The molecular weight excluding hydrogens is 220 g/mol. The van der Waals surface area contributed by atoms with E-state index in [4.69, 9.17) is 0 Å². The molecule has 1 saturated heterocycles. The monoisotopic (exact) mass is 238 g/mol. The Morgan fingerprint density at radius 2 is 2.07 bits per heavy atom. The van der Waals surface area contributed by atoms with E-state index in [0.29, 0.717) is 19.1 Å². The van der Waals surface area contributed by atoms with Crippen LogP contribution >= 0.6 is 11.9 Å². The fraction of sp³-hybridized carbons (Fsp3) is 1.00. The van der Waals surface area contributed by atoms with Gasteiger partial charge >= 0.3 is 0 Å². The van der Waals surface area contributed by atoms with Crippen LogP contribution in [0.15, 0.2) is 0 Å². The van der Waals surface area contributed by atoms with Gasteiger partial charge < -0.3 is 0 Å². The number of sulfonamides is 1. The van der Waals surface area contributed by atoms with E-state index >= 15 is 0 Å². The second-order valence-electron chi connectivity index (χ2n) is 3.61. The van der Waals surface area contributed by atoms with Crippen LogP contribution in [0.5, 0.6) is 0 Å². The Labute approximate surface area is 90.6 Å². The summed E-state index contributed by atoms with van der Waals surface area (Å²) in [6, 6.07) is 0.455. The van der Waals surface area contributed by atoms with Crippen molar-refractivity contribution >= 4 is 22.0 Å². The van der Waals surface area contributed by atoms with Crippen molar-refractivity contribution in [2.75, 3.05) is 25.6 Å². The van der Waals surface area contributed by atoms with E-state index < -0.39 is 10.0 Å². The predicted octanol–water partition coefficient (Wildman–Crippen LogP) is 0.668. The number of nitrogens with zero attached hydrogens (tertiary/aromatic N) is 1. The summed E-state index contributed by atoms with van der Waals surface area (Å²) in [5.41, 5.74) is 0. The summed E-state index contributed by atoms with van der Waals surface area (Å²) in [5, 5.41) is 0. The SMILES string of the molecule is CSNC1CCCN(S(C)(=O)=O)CC1. The molecule has 1 aliphatic rings. The van der Waals surface area contributed by atoms with Crippen LogP contribution in [0.2, 0.25) is 0 Å². The van der Waals surface area contributed by atoms with Gasteiger partial charge in [-0.05, 0) is 25.5 Å². The van der Waals surface area contributed by atoms with Crippen molar-refractivity contribution < 1.29 is 8.42 Å². The quantitative estimate of drug-likeness (QED) is 0.734. The summed E-state index contributed by atoms with van der Waals surface area (Å²) in [6.07, 6.45) is 6.21. The van der Waals surface area contributed by atoms with E-state index in [1.165, 1.54) is 6.26 Å². The van der Waals surface area contributed by atoms with Gasteiger partial charge in [0.25, 0.3) is 0 Å². The van der Waals surface area contributed by atoms with E-state index in [-0.39, 0.29) is 0 Å². The molecule has 1 N–H and O–H groups in total. The zero-order valence-electron chi connectivity index (χ0n) is 8.69. The predicted molar refractivity (Wildman–Crippen MR) is 60.7 cm³/mol. The van der Waals surface area contributed by atoms with Crippen molar-refractivity contribution in [3.8, 4) is 0 Å². The van der Waals surface area contributed by atoms with E-state index in [1.807, 2.05) is 6.26 Å². The van der Waals surface area contributed by atoms with Gasteiger partial charge in [0.2, 0.25) is 10.0 Å². The summed E-state index contributed by atoms with van der Waals surface area (Å²) < 4.78 is 27.5. The molecule has 0 saturated carbocycles. The lowest BCUT2D eigenvalue weighted by molar-refractivity contribution is 0.424. The Balaban J connectivity index is 2.49. The largest absolute Gasteiger partial charge is 0.261 e. The topological polar surface area (TPSA) is 49.4 Å². The average Bonchev–Trinajstić information content (AvgIpc) is 2.29. The number of hydrogen-bond acceptors (Lipinski definition) is 4. The van der Waals surface area contributed by atoms with E-state index in [2.05, 4.69) is 4.72 Å². The van der Waals surface area contributed by atoms with Crippen molar-refractivity contribution in [3.63, 3.8) is 0 Å². The minimum absolute atomic E-state index is 0.455. The summed E-state index contributed by atoms with van der Waals surface area (Å²) in [6.45, 7) is 1.32. The zero-order chi connectivity index (χ0) is 10.6. The molecule has 0 spiro atoms. The molecule has 14 heavy (non-hydrogen) atoms. The normalized spacial score (nSPS) is 26.0. The van der Waals surface area contributed by atoms with Crippen molar-refractivity contribution in [3.05, 3.63) is 0 Å². The Kier molecular flexibility index (Phi) is 4.69. The van der Waals surface area contributed by atoms with Gasteiger partial charge in [0.05, 0.1) is 6.26 Å². The highest BCUT2D eigenvalue weighted by atomic mass is 32.2. The summed E-state index contributed by atoms with van der Waals surface area (Å²) >= 11 is 1.61. The van der Waals surface area contributed by atoms with Gasteiger partial charge in [-0.1, -0.05) is 11.9 Å². The lowest BCUT2D eigenvalue weighted by atomic mass is 10.1. The Hall–Kier alpha value is 0.220. The molecule has 1 atom stereocenters. The molecule has 0 amide bonds. The molecule has 0 aromatic heterocycles. The van der Waals surface area contributed by atoms with E-state index in [0.717, 1.165) is 19.3 Å². The number of nitrogens with one attached hydrogen (secondary N) is 1. The third kappa shape index (κ3) is 3.76. The molecule has 84 valence electrons. The summed E-state index contributed by atoms with van der Waals surface area (Å²) in [4.78, 5) is 0. The van der Waals surface area contributed by atoms with Crippen LogP contribution in [-0.2, 0) is 10.0 Å². The minimum Gasteiger partial charge on any atom is -0.261 e. The Morgan fingerprint density at radius 1 is 1.36 bits per heavy atom. The second kappa shape index (κ2) is 5.34. The van der Waals surface area contributed by atoms with Gasteiger partial charge in [0, 0.05) is 19.1 Å². The maximum atomic E-state index is 11.3. The fourth-order valence-electron chi connectivity index (χ4n) is 1.69. The van der Waals surface area contributed by atoms with Crippen LogP contribution in [0.25, 0.3) is 0 Å². The van der Waals surface area contributed by atoms with Crippen LogP contribution in [-0.4, -0.2) is 44.4 Å². The van der Waals surface area contributed by atoms with Gasteiger partial charge in [0.1, 0.15) is 0 Å². The first kappa shape index (κ1) is 12.3. The molecule has 4 nitrogen and oxygen atoms in total. The first-order valence-electron chi connectivity index (χ1n) is 4.77. The maximum absolute atomic E-state index is 11.3. The maximum Gasteiger partial charge on any atom is 0.211 e. The van der Waals surface area contributed by atoms with Gasteiger partial charge in [0.15, 0.2) is 0 Å². The van der Waals surface area contributed by atoms with Crippen molar-refractivity contribution in [2.24, 2.45) is 0 Å². The molecule has 6 heteroatoms. The highest BCUT2D eigenvalue weighted by Crippen LogP contribution is 2.14. The van der Waals surface area contributed by atoms with Crippen LogP contribution in [0, 0.1) is 0 Å². The molecule has 0 aromatic carbocycles. The van der Waals surface area contributed by atoms with Crippen molar-refractivity contribution in [2.45, 2.75) is 25.3 Å². The minimum atomic E-state index is -2.99. The third-order valence-corrected chi connectivity index (χ3v) is 4.31. The fourth-order valence-corrected chi connectivity index (χ4v) is 3.15. The van der Waals surface area contributed by atoms with Crippen molar-refractivity contribution in [1.29, 1.82) is 0 Å². The molecule has 1 fully saturated rings. The lowest BCUT2D eigenvalue weighted by Gasteiger charge is -2.17. The van der Waals surface area contributed by atoms with E-state index in [9.17, 15) is 8.42 Å². The van der Waals surface area contributed by atoms with Gasteiger partial charge in [-0.3, -0.25) is 4.72 Å². The molecule has 0 aromatic rings. The standard InChI is InChI=1S/C8H18N2O2S2/c1-13-9-8-4-3-6-10(7-5-8)14(2,11)12/h8-9H,3-7H2,1-2H3. The molecule has 0 radical (unpaired) electrons. The molecule has 0 bridgehead atoms. The van der Waals surface area contributed by atoms with Crippen LogP contribution < -0.4 is 4.72 Å². The van der Waals surface area contributed by atoms with Crippen molar-refractivity contribution in [1.82, 2.24) is 9.03 Å². The Bertz CT molecular complexity index is 267. The Morgan fingerprint density at radius 3 is 2.64 bits per heavy atom. The lowest BCUT2D eigenvalue weighted by Crippen LogP contribution is -2.32. The number of hydrogen-bond donors (Lipinski definition) is 1. The first-order valence-corrected chi connectivity index (χ1v) is 7.85. The van der Waals surface area contributed by atoms with Gasteiger partial charge in [-0.15, -0.1) is 0 Å². The zero-order valence-corrected chi connectivity index (χ0v) is 10.3. The molecule has 1 heterocycles.